The Hall–Kier alpha value is -0.0400. The van der Waals surface area contributed by atoms with Crippen LogP contribution in [-0.2, 0) is 4.74 Å². The molecule has 0 bridgehead atoms. The number of rotatable bonds is 6. The molecular formula is C12H24O. The molecule has 0 spiro atoms. The molecule has 1 aliphatic rings. The zero-order valence-electron chi connectivity index (χ0n) is 9.22. The molecule has 0 aromatic heterocycles. The van der Waals surface area contributed by atoms with E-state index in [-0.39, 0.29) is 0 Å². The maximum absolute atomic E-state index is 5.26. The third-order valence-corrected chi connectivity index (χ3v) is 3.38. The van der Waals surface area contributed by atoms with Crippen molar-refractivity contribution in [1.82, 2.24) is 0 Å². The van der Waals surface area contributed by atoms with E-state index in [9.17, 15) is 0 Å². The molecule has 1 nitrogen and oxygen atoms in total. The van der Waals surface area contributed by atoms with Crippen molar-refractivity contribution in [3.05, 3.63) is 0 Å². The van der Waals surface area contributed by atoms with Gasteiger partial charge in [-0.15, -0.1) is 0 Å². The van der Waals surface area contributed by atoms with Gasteiger partial charge in [0.05, 0.1) is 0 Å². The Balaban J connectivity index is 2.15. The second kappa shape index (κ2) is 6.42. The Bertz CT molecular complexity index is 122. The van der Waals surface area contributed by atoms with Gasteiger partial charge in [0.15, 0.2) is 0 Å². The molecular weight excluding hydrogens is 160 g/mol. The smallest absolute Gasteiger partial charge is 0.0493 e. The highest BCUT2D eigenvalue weighted by Gasteiger charge is 2.26. The largest absolute Gasteiger partial charge is 0.384 e. The first-order valence-corrected chi connectivity index (χ1v) is 5.87. The van der Waals surface area contributed by atoms with Crippen molar-refractivity contribution in [2.45, 2.75) is 51.9 Å². The summed E-state index contributed by atoms with van der Waals surface area (Å²) >= 11 is 0. The van der Waals surface area contributed by atoms with Crippen molar-refractivity contribution < 1.29 is 4.74 Å². The average Bonchev–Trinajstić information content (AvgIpc) is 2.54. The second-order valence-electron chi connectivity index (χ2n) is 4.40. The molecule has 0 saturated heterocycles. The van der Waals surface area contributed by atoms with Crippen LogP contribution in [0.3, 0.4) is 0 Å². The fraction of sp³-hybridized carbons (Fsp3) is 1.00. The Morgan fingerprint density at radius 2 is 1.92 bits per heavy atom. The minimum Gasteiger partial charge on any atom is -0.384 e. The molecule has 1 aliphatic carbocycles. The van der Waals surface area contributed by atoms with Crippen molar-refractivity contribution in [3.63, 3.8) is 0 Å². The van der Waals surface area contributed by atoms with Gasteiger partial charge in [0.1, 0.15) is 0 Å². The van der Waals surface area contributed by atoms with Crippen LogP contribution >= 0.6 is 0 Å². The normalized spacial score (nSPS) is 28.2. The van der Waals surface area contributed by atoms with Crippen molar-refractivity contribution in [3.8, 4) is 0 Å². The van der Waals surface area contributed by atoms with Gasteiger partial charge in [-0.3, -0.25) is 0 Å². The minimum absolute atomic E-state index is 0.877. The maximum Gasteiger partial charge on any atom is 0.0493 e. The molecule has 0 aromatic rings. The lowest BCUT2D eigenvalue weighted by Gasteiger charge is -2.18. The molecule has 0 N–H and O–H groups in total. The average molecular weight is 184 g/mol. The van der Waals surface area contributed by atoms with E-state index in [1.807, 2.05) is 7.11 Å². The molecule has 1 fully saturated rings. The monoisotopic (exact) mass is 184 g/mol. The van der Waals surface area contributed by atoms with Crippen LogP contribution in [-0.4, -0.2) is 13.7 Å². The van der Waals surface area contributed by atoms with Crippen LogP contribution in [0, 0.1) is 11.8 Å². The molecule has 0 aliphatic heterocycles. The van der Waals surface area contributed by atoms with Crippen molar-refractivity contribution in [2.75, 3.05) is 13.7 Å². The number of ether oxygens (including phenoxy) is 1. The van der Waals surface area contributed by atoms with Gasteiger partial charge in [-0.25, -0.2) is 0 Å². The van der Waals surface area contributed by atoms with Crippen LogP contribution in [0.1, 0.15) is 51.9 Å². The molecule has 78 valence electrons. The Kier molecular flexibility index (Phi) is 5.45. The highest BCUT2D eigenvalue weighted by atomic mass is 16.5. The lowest BCUT2D eigenvalue weighted by molar-refractivity contribution is 0.129. The first-order chi connectivity index (χ1) is 6.38. The molecule has 2 atom stereocenters. The van der Waals surface area contributed by atoms with Crippen molar-refractivity contribution in [2.24, 2.45) is 11.8 Å². The number of hydrogen-bond donors (Lipinski definition) is 0. The van der Waals surface area contributed by atoms with Crippen molar-refractivity contribution >= 4 is 0 Å². The predicted octanol–water partition coefficient (Wildman–Crippen LogP) is 3.63. The van der Waals surface area contributed by atoms with Gasteiger partial charge >= 0.3 is 0 Å². The molecule has 1 saturated carbocycles. The fourth-order valence-corrected chi connectivity index (χ4v) is 2.58. The van der Waals surface area contributed by atoms with Crippen LogP contribution in [0.15, 0.2) is 0 Å². The highest BCUT2D eigenvalue weighted by molar-refractivity contribution is 4.77. The highest BCUT2D eigenvalue weighted by Crippen LogP contribution is 2.35. The topological polar surface area (TPSA) is 9.23 Å². The molecule has 0 amide bonds. The fourth-order valence-electron chi connectivity index (χ4n) is 2.58. The first kappa shape index (κ1) is 11.0. The summed E-state index contributed by atoms with van der Waals surface area (Å²) in [6.45, 7) is 3.28. The summed E-state index contributed by atoms with van der Waals surface area (Å²) in [5.74, 6) is 1.85. The Labute approximate surface area is 82.9 Å². The first-order valence-electron chi connectivity index (χ1n) is 5.87. The van der Waals surface area contributed by atoms with Crippen LogP contribution < -0.4 is 0 Å². The van der Waals surface area contributed by atoms with Crippen LogP contribution in [0.25, 0.3) is 0 Å². The van der Waals surface area contributed by atoms with Crippen LogP contribution in [0.2, 0.25) is 0 Å². The van der Waals surface area contributed by atoms with Gasteiger partial charge in [0, 0.05) is 13.7 Å². The quantitative estimate of drug-likeness (QED) is 0.573. The summed E-state index contributed by atoms with van der Waals surface area (Å²) in [5, 5.41) is 0. The number of hydrogen-bond acceptors (Lipinski definition) is 1. The molecule has 2 unspecified atom stereocenters. The molecule has 0 radical (unpaired) electrons. The standard InChI is InChI=1S/C12H24O/c1-3-4-5-7-11-8-6-9-12(11)10-13-2/h11-12H,3-10H2,1-2H3. The van der Waals surface area contributed by atoms with Gasteiger partial charge in [-0.1, -0.05) is 45.4 Å². The number of methoxy groups -OCH3 is 1. The lowest BCUT2D eigenvalue weighted by atomic mass is 9.91. The summed E-state index contributed by atoms with van der Waals surface area (Å²) in [4.78, 5) is 0. The van der Waals surface area contributed by atoms with E-state index in [0.29, 0.717) is 0 Å². The number of unbranched alkanes of at least 4 members (excludes halogenated alkanes) is 2. The molecule has 1 rings (SSSR count). The van der Waals surface area contributed by atoms with E-state index in [2.05, 4.69) is 6.92 Å². The Morgan fingerprint density at radius 3 is 2.62 bits per heavy atom. The third kappa shape index (κ3) is 3.68. The van der Waals surface area contributed by atoms with Gasteiger partial charge < -0.3 is 4.74 Å². The van der Waals surface area contributed by atoms with Gasteiger partial charge in [-0.05, 0) is 18.3 Å². The van der Waals surface area contributed by atoms with E-state index >= 15 is 0 Å². The van der Waals surface area contributed by atoms with Gasteiger partial charge in [0.2, 0.25) is 0 Å². The van der Waals surface area contributed by atoms with E-state index in [0.717, 1.165) is 18.4 Å². The summed E-state index contributed by atoms with van der Waals surface area (Å²) in [7, 11) is 1.83. The van der Waals surface area contributed by atoms with E-state index in [1.165, 1.54) is 44.9 Å². The minimum atomic E-state index is 0.877. The van der Waals surface area contributed by atoms with E-state index in [4.69, 9.17) is 4.74 Å². The molecule has 0 aromatic carbocycles. The third-order valence-electron chi connectivity index (χ3n) is 3.38. The zero-order valence-corrected chi connectivity index (χ0v) is 9.22. The maximum atomic E-state index is 5.26. The summed E-state index contributed by atoms with van der Waals surface area (Å²) in [5.41, 5.74) is 0. The zero-order chi connectivity index (χ0) is 9.52. The van der Waals surface area contributed by atoms with Gasteiger partial charge in [0.25, 0.3) is 0 Å². The summed E-state index contributed by atoms with van der Waals surface area (Å²) < 4.78 is 5.26. The van der Waals surface area contributed by atoms with Crippen LogP contribution in [0.4, 0.5) is 0 Å². The van der Waals surface area contributed by atoms with E-state index in [1.54, 1.807) is 0 Å². The summed E-state index contributed by atoms with van der Waals surface area (Å²) in [6.07, 6.45) is 9.94. The van der Waals surface area contributed by atoms with Crippen molar-refractivity contribution in [1.29, 1.82) is 0 Å². The molecule has 1 heteroatoms. The second-order valence-corrected chi connectivity index (χ2v) is 4.40. The summed E-state index contributed by atoms with van der Waals surface area (Å²) in [6, 6.07) is 0. The Morgan fingerprint density at radius 1 is 1.15 bits per heavy atom. The lowest BCUT2D eigenvalue weighted by Crippen LogP contribution is -2.13. The van der Waals surface area contributed by atoms with Gasteiger partial charge in [-0.2, -0.15) is 0 Å². The molecule has 0 heterocycles. The molecule has 13 heavy (non-hydrogen) atoms. The van der Waals surface area contributed by atoms with Crippen LogP contribution in [0.5, 0.6) is 0 Å². The predicted molar refractivity (Wildman–Crippen MR) is 56.8 cm³/mol. The SMILES string of the molecule is CCCCCC1CCCC1COC. The van der Waals surface area contributed by atoms with E-state index < -0.39 is 0 Å².